The monoisotopic (exact) mass is 689 g/mol. The first-order valence-electron chi connectivity index (χ1n) is 18.4. The molecule has 10 rings (SSSR count). The van der Waals surface area contributed by atoms with E-state index in [0.717, 1.165) is 60.9 Å². The summed E-state index contributed by atoms with van der Waals surface area (Å²) in [5, 5.41) is 4.43. The van der Waals surface area contributed by atoms with Gasteiger partial charge in [0.1, 0.15) is 11.2 Å². The lowest BCUT2D eigenvalue weighted by Gasteiger charge is -2.28. The number of rotatable bonds is 7. The van der Waals surface area contributed by atoms with Crippen molar-refractivity contribution in [2.45, 2.75) is 0 Å². The second kappa shape index (κ2) is 13.4. The first-order chi connectivity index (χ1) is 26.8. The molecule has 254 valence electrons. The van der Waals surface area contributed by atoms with Gasteiger partial charge in [0.25, 0.3) is 0 Å². The first kappa shape index (κ1) is 31.6. The minimum atomic E-state index is 0.853. The van der Waals surface area contributed by atoms with E-state index in [2.05, 4.69) is 217 Å². The van der Waals surface area contributed by atoms with E-state index in [1.807, 2.05) is 0 Å². The molecule has 54 heavy (non-hydrogen) atoms. The summed E-state index contributed by atoms with van der Waals surface area (Å²) in [6.45, 7) is 0. The average molecular weight is 690 g/mol. The van der Waals surface area contributed by atoms with Crippen LogP contribution in [0.4, 0.5) is 17.1 Å². The van der Waals surface area contributed by atoms with Crippen molar-refractivity contribution in [3.8, 4) is 44.5 Å². The van der Waals surface area contributed by atoms with Crippen LogP contribution in [0, 0.1) is 0 Å². The quantitative estimate of drug-likeness (QED) is 0.166. The van der Waals surface area contributed by atoms with Crippen molar-refractivity contribution in [3.05, 3.63) is 212 Å². The molecule has 9 aromatic carbocycles. The van der Waals surface area contributed by atoms with Gasteiger partial charge in [-0.1, -0.05) is 176 Å². The van der Waals surface area contributed by atoms with Crippen molar-refractivity contribution in [3.63, 3.8) is 0 Å². The Kier molecular flexibility index (Phi) is 7.85. The van der Waals surface area contributed by atoms with Gasteiger partial charge in [0, 0.05) is 22.0 Å². The summed E-state index contributed by atoms with van der Waals surface area (Å²) in [4.78, 5) is 2.39. The molecule has 10 aromatic rings. The number of hydrogen-bond donors (Lipinski definition) is 0. The highest BCUT2D eigenvalue weighted by atomic mass is 16.3. The molecule has 0 fully saturated rings. The molecule has 0 saturated heterocycles. The molecule has 1 aromatic heterocycles. The van der Waals surface area contributed by atoms with E-state index in [1.165, 1.54) is 33.4 Å². The van der Waals surface area contributed by atoms with Gasteiger partial charge in [0.05, 0.1) is 16.8 Å². The second-order valence-corrected chi connectivity index (χ2v) is 13.6. The molecule has 0 saturated carbocycles. The van der Waals surface area contributed by atoms with Crippen molar-refractivity contribution < 1.29 is 4.42 Å². The minimum absolute atomic E-state index is 0.853. The summed E-state index contributed by atoms with van der Waals surface area (Å²) in [6, 6.07) is 75.7. The third-order valence-corrected chi connectivity index (χ3v) is 10.5. The Morgan fingerprint density at radius 3 is 1.57 bits per heavy atom. The summed E-state index contributed by atoms with van der Waals surface area (Å²) in [5.41, 5.74) is 14.4. The van der Waals surface area contributed by atoms with Gasteiger partial charge in [-0.15, -0.1) is 0 Å². The van der Waals surface area contributed by atoms with Crippen LogP contribution in [0.25, 0.3) is 77.2 Å². The van der Waals surface area contributed by atoms with E-state index in [9.17, 15) is 0 Å². The van der Waals surface area contributed by atoms with Crippen molar-refractivity contribution in [1.82, 2.24) is 0 Å². The minimum Gasteiger partial charge on any atom is -0.455 e. The molecule has 0 bridgehead atoms. The highest BCUT2D eigenvalue weighted by molar-refractivity contribution is 6.23. The molecule has 0 aliphatic rings. The molecule has 0 aliphatic carbocycles. The highest BCUT2D eigenvalue weighted by Crippen LogP contribution is 2.48. The topological polar surface area (TPSA) is 16.4 Å². The average Bonchev–Trinajstić information content (AvgIpc) is 3.64. The fourth-order valence-corrected chi connectivity index (χ4v) is 8.00. The normalized spacial score (nSPS) is 11.3. The number of anilines is 3. The van der Waals surface area contributed by atoms with Gasteiger partial charge in [-0.2, -0.15) is 0 Å². The Morgan fingerprint density at radius 1 is 0.315 bits per heavy atom. The molecule has 1 heterocycles. The highest BCUT2D eigenvalue weighted by Gasteiger charge is 2.24. The fourth-order valence-electron chi connectivity index (χ4n) is 8.00. The predicted octanol–water partition coefficient (Wildman–Crippen LogP) is 14.9. The van der Waals surface area contributed by atoms with Crippen LogP contribution in [0.3, 0.4) is 0 Å². The van der Waals surface area contributed by atoms with Gasteiger partial charge >= 0.3 is 0 Å². The summed E-state index contributed by atoms with van der Waals surface area (Å²) in [7, 11) is 0. The Labute approximate surface area is 314 Å². The number of benzene rings is 9. The molecular formula is C52H35NO. The molecule has 2 heteroatoms. The maximum atomic E-state index is 6.88. The van der Waals surface area contributed by atoms with E-state index in [-0.39, 0.29) is 0 Å². The number of fused-ring (bicyclic) bond motifs is 5. The van der Waals surface area contributed by atoms with Gasteiger partial charge in [0.2, 0.25) is 0 Å². The standard InChI is InChI=1S/C52H35NO/c1-4-17-36(18-5-1)37-31-33-39(34-32-37)42-24-14-15-28-48(42)53(40-21-8-3-9-22-40)49-29-16-30-50-51(49)47-35-46(44-26-12-13-27-45(44)52(47)54-50)43-25-11-10-23-41(43)38-19-6-2-7-20-38/h1-35H. The first-order valence-corrected chi connectivity index (χ1v) is 18.4. The summed E-state index contributed by atoms with van der Waals surface area (Å²) < 4.78 is 6.88. The van der Waals surface area contributed by atoms with Crippen molar-refractivity contribution in [1.29, 1.82) is 0 Å². The third kappa shape index (κ3) is 5.44. The van der Waals surface area contributed by atoms with Gasteiger partial charge in [-0.05, 0) is 80.7 Å². The zero-order valence-electron chi connectivity index (χ0n) is 29.6. The van der Waals surface area contributed by atoms with Crippen LogP contribution < -0.4 is 4.90 Å². The number of hydrogen-bond acceptors (Lipinski definition) is 2. The van der Waals surface area contributed by atoms with Gasteiger partial charge < -0.3 is 9.32 Å². The van der Waals surface area contributed by atoms with Crippen LogP contribution in [-0.4, -0.2) is 0 Å². The van der Waals surface area contributed by atoms with E-state index in [0.29, 0.717) is 0 Å². The lowest BCUT2D eigenvalue weighted by atomic mass is 9.90. The fraction of sp³-hybridized carbons (Fsp3) is 0. The molecule has 0 unspecified atom stereocenters. The van der Waals surface area contributed by atoms with E-state index >= 15 is 0 Å². The Hall–Kier alpha value is -7.16. The van der Waals surface area contributed by atoms with E-state index in [1.54, 1.807) is 0 Å². The summed E-state index contributed by atoms with van der Waals surface area (Å²) in [5.74, 6) is 0. The lowest BCUT2D eigenvalue weighted by Crippen LogP contribution is -2.11. The van der Waals surface area contributed by atoms with Crippen molar-refractivity contribution in [2.24, 2.45) is 0 Å². The summed E-state index contributed by atoms with van der Waals surface area (Å²) >= 11 is 0. The van der Waals surface area contributed by atoms with Gasteiger partial charge in [-0.3, -0.25) is 0 Å². The number of para-hydroxylation sites is 2. The Balaban J connectivity index is 1.22. The van der Waals surface area contributed by atoms with Crippen LogP contribution in [-0.2, 0) is 0 Å². The third-order valence-electron chi connectivity index (χ3n) is 10.5. The number of furan rings is 1. The maximum Gasteiger partial charge on any atom is 0.143 e. The second-order valence-electron chi connectivity index (χ2n) is 13.6. The molecule has 0 atom stereocenters. The molecule has 0 amide bonds. The molecule has 0 aliphatic heterocycles. The largest absolute Gasteiger partial charge is 0.455 e. The maximum absolute atomic E-state index is 6.88. The van der Waals surface area contributed by atoms with Crippen LogP contribution in [0.1, 0.15) is 0 Å². The van der Waals surface area contributed by atoms with Crippen molar-refractivity contribution >= 4 is 49.8 Å². The lowest BCUT2D eigenvalue weighted by molar-refractivity contribution is 0.672. The van der Waals surface area contributed by atoms with Gasteiger partial charge in [0.15, 0.2) is 0 Å². The zero-order valence-corrected chi connectivity index (χ0v) is 29.6. The van der Waals surface area contributed by atoms with Crippen LogP contribution in [0.15, 0.2) is 217 Å². The van der Waals surface area contributed by atoms with E-state index in [4.69, 9.17) is 4.42 Å². The van der Waals surface area contributed by atoms with Gasteiger partial charge in [-0.25, -0.2) is 0 Å². The number of nitrogens with zero attached hydrogens (tertiary/aromatic N) is 1. The van der Waals surface area contributed by atoms with E-state index < -0.39 is 0 Å². The molecular weight excluding hydrogens is 655 g/mol. The Morgan fingerprint density at radius 2 is 0.833 bits per heavy atom. The predicted molar refractivity (Wildman–Crippen MR) is 228 cm³/mol. The zero-order chi connectivity index (χ0) is 35.8. The van der Waals surface area contributed by atoms with Crippen molar-refractivity contribution in [2.75, 3.05) is 4.90 Å². The molecule has 0 N–H and O–H groups in total. The smallest absolute Gasteiger partial charge is 0.143 e. The van der Waals surface area contributed by atoms with Crippen LogP contribution >= 0.6 is 0 Å². The SMILES string of the molecule is c1ccc(-c2ccc(-c3ccccc3N(c3ccccc3)c3cccc4oc5c6ccccc6c(-c6ccccc6-c6ccccc6)cc5c34)cc2)cc1. The molecule has 0 spiro atoms. The molecule has 0 radical (unpaired) electrons. The Bertz CT molecular complexity index is 2910. The summed E-state index contributed by atoms with van der Waals surface area (Å²) in [6.07, 6.45) is 0. The van der Waals surface area contributed by atoms with Crippen LogP contribution in [0.5, 0.6) is 0 Å². The molecule has 2 nitrogen and oxygen atoms in total. The van der Waals surface area contributed by atoms with Crippen LogP contribution in [0.2, 0.25) is 0 Å².